The average molecular weight is 326 g/mol. The summed E-state index contributed by atoms with van der Waals surface area (Å²) in [6, 6.07) is 4.21. The second kappa shape index (κ2) is 6.57. The van der Waals surface area contributed by atoms with E-state index in [-0.39, 0.29) is 14.1 Å². The van der Waals surface area contributed by atoms with E-state index in [1.165, 1.54) is 38.7 Å². The Hall–Kier alpha value is -1.46. The van der Waals surface area contributed by atoms with Gasteiger partial charge in [-0.15, -0.1) is 0 Å². The second-order valence-electron chi connectivity index (χ2n) is 6.73. The van der Waals surface area contributed by atoms with Gasteiger partial charge in [0, 0.05) is 5.56 Å². The van der Waals surface area contributed by atoms with E-state index in [9.17, 15) is 4.79 Å². The zero-order chi connectivity index (χ0) is 17.5. The quantitative estimate of drug-likeness (QED) is 0.700. The summed E-state index contributed by atoms with van der Waals surface area (Å²) in [6.45, 7) is 17.0. The minimum atomic E-state index is 0.193. The van der Waals surface area contributed by atoms with E-state index in [0.717, 1.165) is 16.7 Å². The predicted octanol–water partition coefficient (Wildman–Crippen LogP) is 5.30. The van der Waals surface area contributed by atoms with E-state index in [1.54, 1.807) is 0 Å². The summed E-state index contributed by atoms with van der Waals surface area (Å²) in [5.74, 6) is 0. The molecule has 0 heterocycles. The molecule has 0 bridgehead atoms. The maximum atomic E-state index is 13.0. The first-order chi connectivity index (χ1) is 10.6. The smallest absolute Gasteiger partial charge is 0.186 e. The molecule has 2 heteroatoms. The Morgan fingerprint density at radius 1 is 0.696 bits per heavy atom. The number of rotatable bonds is 3. The van der Waals surface area contributed by atoms with Crippen LogP contribution in [0.4, 0.5) is 0 Å². The largest absolute Gasteiger partial charge is 0.289 e. The first-order valence-electron chi connectivity index (χ1n) is 8.11. The van der Waals surface area contributed by atoms with Crippen molar-refractivity contribution in [2.24, 2.45) is 0 Å². The second-order valence-corrected chi connectivity index (χ2v) is 7.93. The highest BCUT2D eigenvalue weighted by Crippen LogP contribution is 2.30. The molecule has 1 unspecified atom stereocenters. The predicted molar refractivity (Wildman–Crippen MR) is 103 cm³/mol. The fourth-order valence-corrected chi connectivity index (χ4v) is 4.90. The van der Waals surface area contributed by atoms with Crippen molar-refractivity contribution in [1.29, 1.82) is 0 Å². The molecule has 0 amide bonds. The lowest BCUT2D eigenvalue weighted by atomic mass is 9.95. The van der Waals surface area contributed by atoms with Crippen molar-refractivity contribution >= 4 is 19.4 Å². The van der Waals surface area contributed by atoms with Crippen molar-refractivity contribution in [2.45, 2.75) is 55.4 Å². The molecule has 0 aromatic heterocycles. The highest BCUT2D eigenvalue weighted by molar-refractivity contribution is 7.66. The fraction of sp³-hybridized carbons (Fsp3) is 0.381. The van der Waals surface area contributed by atoms with Crippen LogP contribution in [-0.4, -0.2) is 5.52 Å². The standard InChI is InChI=1S/C21H27OP/c1-11-9-12(2)19(13(3)10-11)21(22)23-20-17(7)15(5)14(4)16(6)18(20)8/h9-10,23H,1-8H3. The van der Waals surface area contributed by atoms with E-state index in [1.807, 2.05) is 13.8 Å². The molecule has 122 valence electrons. The van der Waals surface area contributed by atoms with Gasteiger partial charge < -0.3 is 0 Å². The van der Waals surface area contributed by atoms with Gasteiger partial charge in [-0.05, 0) is 108 Å². The van der Waals surface area contributed by atoms with E-state index < -0.39 is 0 Å². The molecule has 2 rings (SSSR count). The molecule has 0 aliphatic heterocycles. The first-order valence-corrected chi connectivity index (χ1v) is 9.11. The summed E-state index contributed by atoms with van der Waals surface area (Å²) in [5.41, 5.74) is 11.1. The molecule has 0 N–H and O–H groups in total. The third-order valence-electron chi connectivity index (χ3n) is 5.14. The van der Waals surface area contributed by atoms with Crippen LogP contribution in [0.5, 0.6) is 0 Å². The van der Waals surface area contributed by atoms with Crippen LogP contribution in [0.25, 0.3) is 0 Å². The normalized spacial score (nSPS) is 11.5. The van der Waals surface area contributed by atoms with Crippen LogP contribution in [0.2, 0.25) is 0 Å². The van der Waals surface area contributed by atoms with E-state index in [0.29, 0.717) is 0 Å². The van der Waals surface area contributed by atoms with Gasteiger partial charge in [-0.1, -0.05) is 17.7 Å². The molecule has 0 aliphatic rings. The minimum Gasteiger partial charge on any atom is -0.289 e. The molecule has 1 nitrogen and oxygen atoms in total. The average Bonchev–Trinajstić information content (AvgIpc) is 2.46. The zero-order valence-corrected chi connectivity index (χ0v) is 16.6. The molecule has 0 fully saturated rings. The summed E-state index contributed by atoms with van der Waals surface area (Å²) in [4.78, 5) is 13.0. The van der Waals surface area contributed by atoms with Crippen LogP contribution >= 0.6 is 8.58 Å². The van der Waals surface area contributed by atoms with Gasteiger partial charge in [-0.3, -0.25) is 4.79 Å². The summed E-state index contributed by atoms with van der Waals surface area (Å²) >= 11 is 0. The van der Waals surface area contributed by atoms with Crippen molar-refractivity contribution in [3.8, 4) is 0 Å². The number of aryl methyl sites for hydroxylation is 3. The van der Waals surface area contributed by atoms with Crippen molar-refractivity contribution in [1.82, 2.24) is 0 Å². The van der Waals surface area contributed by atoms with Gasteiger partial charge in [0.1, 0.15) is 0 Å². The van der Waals surface area contributed by atoms with Crippen molar-refractivity contribution in [3.05, 3.63) is 62.2 Å². The van der Waals surface area contributed by atoms with Crippen LogP contribution in [0.3, 0.4) is 0 Å². The molecule has 2 aromatic rings. The molecule has 0 aliphatic carbocycles. The van der Waals surface area contributed by atoms with Crippen LogP contribution in [0.1, 0.15) is 54.9 Å². The zero-order valence-electron chi connectivity index (χ0n) is 15.6. The van der Waals surface area contributed by atoms with Gasteiger partial charge in [-0.2, -0.15) is 0 Å². The Balaban J connectivity index is 2.51. The fourth-order valence-electron chi connectivity index (χ4n) is 3.40. The van der Waals surface area contributed by atoms with E-state index in [2.05, 4.69) is 53.7 Å². The Morgan fingerprint density at radius 2 is 1.09 bits per heavy atom. The first kappa shape index (κ1) is 17.9. The van der Waals surface area contributed by atoms with Gasteiger partial charge in [0.2, 0.25) is 0 Å². The molecule has 0 spiro atoms. The highest BCUT2D eigenvalue weighted by atomic mass is 31.1. The Kier molecular flexibility index (Phi) is 5.11. The molecule has 2 aromatic carbocycles. The summed E-state index contributed by atoms with van der Waals surface area (Å²) in [5, 5.41) is 1.23. The molecule has 23 heavy (non-hydrogen) atoms. The number of carbonyl (C=O) groups excluding carboxylic acids is 1. The lowest BCUT2D eigenvalue weighted by Crippen LogP contribution is -2.15. The topological polar surface area (TPSA) is 17.1 Å². The third-order valence-corrected chi connectivity index (χ3v) is 6.62. The molecular formula is C21H27OP. The molecule has 0 saturated carbocycles. The SMILES string of the molecule is Cc1cc(C)c(C(=O)Pc2c(C)c(C)c(C)c(C)c2C)c(C)c1. The number of hydrogen-bond donors (Lipinski definition) is 0. The lowest BCUT2D eigenvalue weighted by molar-refractivity contribution is 0.108. The Labute approximate surface area is 142 Å². The lowest BCUT2D eigenvalue weighted by Gasteiger charge is -2.19. The van der Waals surface area contributed by atoms with Crippen molar-refractivity contribution in [2.75, 3.05) is 0 Å². The van der Waals surface area contributed by atoms with Crippen molar-refractivity contribution < 1.29 is 4.79 Å². The van der Waals surface area contributed by atoms with E-state index >= 15 is 0 Å². The van der Waals surface area contributed by atoms with Crippen molar-refractivity contribution in [3.63, 3.8) is 0 Å². The summed E-state index contributed by atoms with van der Waals surface area (Å²) in [7, 11) is 0.193. The Morgan fingerprint density at radius 3 is 1.52 bits per heavy atom. The van der Waals surface area contributed by atoms with Crippen LogP contribution in [-0.2, 0) is 0 Å². The molecular weight excluding hydrogens is 299 g/mol. The van der Waals surface area contributed by atoms with Crippen LogP contribution in [0.15, 0.2) is 12.1 Å². The van der Waals surface area contributed by atoms with Gasteiger partial charge in [-0.25, -0.2) is 0 Å². The van der Waals surface area contributed by atoms with Gasteiger partial charge in [0.15, 0.2) is 5.52 Å². The van der Waals surface area contributed by atoms with Gasteiger partial charge >= 0.3 is 0 Å². The molecule has 0 saturated heterocycles. The Bertz CT molecular complexity index is 748. The van der Waals surface area contributed by atoms with Crippen LogP contribution in [0, 0.1) is 55.4 Å². The summed E-state index contributed by atoms with van der Waals surface area (Å²) in [6.07, 6.45) is 0. The summed E-state index contributed by atoms with van der Waals surface area (Å²) < 4.78 is 0. The maximum absolute atomic E-state index is 13.0. The molecule has 0 radical (unpaired) electrons. The number of carbonyl (C=O) groups is 1. The monoisotopic (exact) mass is 326 g/mol. The van der Waals surface area contributed by atoms with Gasteiger partial charge in [0.25, 0.3) is 0 Å². The minimum absolute atomic E-state index is 0.193. The highest BCUT2D eigenvalue weighted by Gasteiger charge is 2.18. The number of benzene rings is 2. The van der Waals surface area contributed by atoms with E-state index in [4.69, 9.17) is 0 Å². The number of hydrogen-bond acceptors (Lipinski definition) is 1. The molecule has 1 atom stereocenters. The van der Waals surface area contributed by atoms with Crippen LogP contribution < -0.4 is 5.30 Å². The third kappa shape index (κ3) is 3.26. The van der Waals surface area contributed by atoms with Gasteiger partial charge in [0.05, 0.1) is 0 Å². The maximum Gasteiger partial charge on any atom is 0.186 e.